The van der Waals surface area contributed by atoms with Crippen molar-refractivity contribution in [2.75, 3.05) is 6.54 Å². The summed E-state index contributed by atoms with van der Waals surface area (Å²) in [5.41, 5.74) is 5.43. The van der Waals surface area contributed by atoms with Gasteiger partial charge in [0.15, 0.2) is 0 Å². The number of hydrogen-bond donors (Lipinski definition) is 1. The Morgan fingerprint density at radius 3 is 2.42 bits per heavy atom. The molecule has 0 spiro atoms. The Morgan fingerprint density at radius 1 is 1.21 bits per heavy atom. The van der Waals surface area contributed by atoms with Crippen LogP contribution < -0.4 is 5.73 Å². The number of carbonyl (C=O) groups excluding carboxylic acids is 1. The van der Waals surface area contributed by atoms with Crippen LogP contribution in [0.25, 0.3) is 0 Å². The summed E-state index contributed by atoms with van der Waals surface area (Å²) in [5, 5.41) is 0. The Morgan fingerprint density at radius 2 is 1.84 bits per heavy atom. The van der Waals surface area contributed by atoms with Crippen LogP contribution in [-0.4, -0.2) is 28.4 Å². The lowest BCUT2D eigenvalue weighted by Gasteiger charge is -2.44. The van der Waals surface area contributed by atoms with Crippen LogP contribution in [0.3, 0.4) is 0 Å². The van der Waals surface area contributed by atoms with E-state index in [9.17, 15) is 4.79 Å². The summed E-state index contributed by atoms with van der Waals surface area (Å²) >= 11 is 5.27. The molecule has 2 unspecified atom stereocenters. The number of piperidine rings is 1. The molecule has 1 amide bonds. The van der Waals surface area contributed by atoms with Crippen LogP contribution in [0.2, 0.25) is 0 Å². The summed E-state index contributed by atoms with van der Waals surface area (Å²) in [4.78, 5) is 15.5. The predicted molar refractivity (Wildman–Crippen MR) is 81.9 cm³/mol. The van der Waals surface area contributed by atoms with Crippen LogP contribution >= 0.6 is 12.2 Å². The molecule has 0 radical (unpaired) electrons. The lowest BCUT2D eigenvalue weighted by Crippen LogP contribution is -2.56. The summed E-state index contributed by atoms with van der Waals surface area (Å²) < 4.78 is 0. The van der Waals surface area contributed by atoms with Gasteiger partial charge in [0.05, 0.1) is 10.4 Å². The van der Waals surface area contributed by atoms with Crippen LogP contribution in [0, 0.1) is 11.3 Å². The van der Waals surface area contributed by atoms with Gasteiger partial charge in [-0.3, -0.25) is 4.79 Å². The zero-order valence-electron chi connectivity index (χ0n) is 12.2. The van der Waals surface area contributed by atoms with E-state index in [0.29, 0.717) is 16.9 Å². The van der Waals surface area contributed by atoms with Gasteiger partial charge in [-0.15, -0.1) is 0 Å². The minimum Gasteiger partial charge on any atom is -0.392 e. The molecule has 19 heavy (non-hydrogen) atoms. The van der Waals surface area contributed by atoms with Crippen molar-refractivity contribution in [2.45, 2.75) is 64.8 Å². The SMILES string of the molecule is CC1CCC(C)N(C(=O)C2(C(N)=S)CCCCC2)C1. The second-order valence-corrected chi connectivity index (χ2v) is 6.94. The van der Waals surface area contributed by atoms with Gasteiger partial charge in [0.25, 0.3) is 0 Å². The standard InChI is InChI=1S/C15H26N2OS/c1-11-6-7-12(2)17(10-11)14(18)15(13(16)19)8-4-3-5-9-15/h11-12H,3-10H2,1-2H3,(H2,16,19). The molecule has 0 aromatic carbocycles. The first-order valence-electron chi connectivity index (χ1n) is 7.58. The normalized spacial score (nSPS) is 30.9. The number of rotatable bonds is 2. The van der Waals surface area contributed by atoms with E-state index in [2.05, 4.69) is 18.7 Å². The van der Waals surface area contributed by atoms with Gasteiger partial charge in [0.1, 0.15) is 0 Å². The third-order valence-corrected chi connectivity index (χ3v) is 5.36. The van der Waals surface area contributed by atoms with Crippen molar-refractivity contribution in [2.24, 2.45) is 17.1 Å². The monoisotopic (exact) mass is 282 g/mol. The van der Waals surface area contributed by atoms with E-state index in [1.54, 1.807) is 0 Å². The maximum atomic E-state index is 13.0. The molecular formula is C15H26N2OS. The summed E-state index contributed by atoms with van der Waals surface area (Å²) in [5.74, 6) is 0.797. The fourth-order valence-electron chi connectivity index (χ4n) is 3.57. The van der Waals surface area contributed by atoms with Gasteiger partial charge in [-0.1, -0.05) is 38.4 Å². The van der Waals surface area contributed by atoms with Crippen molar-refractivity contribution in [3.05, 3.63) is 0 Å². The van der Waals surface area contributed by atoms with Gasteiger partial charge in [-0.05, 0) is 38.5 Å². The lowest BCUT2D eigenvalue weighted by atomic mass is 9.72. The molecule has 1 saturated heterocycles. The molecule has 0 aromatic rings. The highest BCUT2D eigenvalue weighted by Gasteiger charge is 2.46. The van der Waals surface area contributed by atoms with Crippen LogP contribution in [0.1, 0.15) is 58.8 Å². The molecule has 2 rings (SSSR count). The van der Waals surface area contributed by atoms with Gasteiger partial charge < -0.3 is 10.6 Å². The molecule has 2 atom stereocenters. The fraction of sp³-hybridized carbons (Fsp3) is 0.867. The maximum Gasteiger partial charge on any atom is 0.235 e. The molecular weight excluding hydrogens is 256 g/mol. The van der Waals surface area contributed by atoms with Gasteiger partial charge in [-0.25, -0.2) is 0 Å². The molecule has 108 valence electrons. The Hall–Kier alpha value is -0.640. The van der Waals surface area contributed by atoms with E-state index < -0.39 is 5.41 Å². The molecule has 1 saturated carbocycles. The molecule has 2 N–H and O–H groups in total. The van der Waals surface area contributed by atoms with E-state index in [1.165, 1.54) is 12.8 Å². The second-order valence-electron chi connectivity index (χ2n) is 6.50. The molecule has 2 aliphatic rings. The smallest absolute Gasteiger partial charge is 0.235 e. The van der Waals surface area contributed by atoms with Gasteiger partial charge in [0, 0.05) is 12.6 Å². The summed E-state index contributed by atoms with van der Waals surface area (Å²) in [6, 6.07) is 0.330. The van der Waals surface area contributed by atoms with E-state index in [1.807, 2.05) is 0 Å². The lowest BCUT2D eigenvalue weighted by molar-refractivity contribution is -0.144. The summed E-state index contributed by atoms with van der Waals surface area (Å²) in [6.07, 6.45) is 7.34. The number of carbonyl (C=O) groups is 1. The highest BCUT2D eigenvalue weighted by Crippen LogP contribution is 2.40. The Kier molecular flexibility index (Phi) is 4.49. The number of hydrogen-bond acceptors (Lipinski definition) is 2. The third kappa shape index (κ3) is 2.78. The van der Waals surface area contributed by atoms with Crippen LogP contribution in [0.15, 0.2) is 0 Å². The molecule has 2 fully saturated rings. The number of nitrogens with two attached hydrogens (primary N) is 1. The maximum absolute atomic E-state index is 13.0. The summed E-state index contributed by atoms with van der Waals surface area (Å²) in [6.45, 7) is 5.24. The van der Waals surface area contributed by atoms with Crippen molar-refractivity contribution >= 4 is 23.1 Å². The van der Waals surface area contributed by atoms with E-state index in [4.69, 9.17) is 18.0 Å². The Balaban J connectivity index is 2.21. The molecule has 3 nitrogen and oxygen atoms in total. The predicted octanol–water partition coefficient (Wildman–Crippen LogP) is 2.87. The van der Waals surface area contributed by atoms with Crippen molar-refractivity contribution in [1.82, 2.24) is 4.90 Å². The zero-order chi connectivity index (χ0) is 14.0. The quantitative estimate of drug-likeness (QED) is 0.792. The highest BCUT2D eigenvalue weighted by molar-refractivity contribution is 7.80. The van der Waals surface area contributed by atoms with Crippen LogP contribution in [0.5, 0.6) is 0 Å². The Labute approximate surface area is 121 Å². The van der Waals surface area contributed by atoms with E-state index >= 15 is 0 Å². The zero-order valence-corrected chi connectivity index (χ0v) is 13.0. The fourth-order valence-corrected chi connectivity index (χ4v) is 3.86. The van der Waals surface area contributed by atoms with Crippen molar-refractivity contribution in [3.63, 3.8) is 0 Å². The highest BCUT2D eigenvalue weighted by atomic mass is 32.1. The second kappa shape index (κ2) is 5.78. The molecule has 4 heteroatoms. The van der Waals surface area contributed by atoms with Crippen molar-refractivity contribution in [3.8, 4) is 0 Å². The van der Waals surface area contributed by atoms with E-state index in [0.717, 1.165) is 38.6 Å². The van der Waals surface area contributed by atoms with Crippen LogP contribution in [0.4, 0.5) is 0 Å². The molecule has 1 aliphatic carbocycles. The largest absolute Gasteiger partial charge is 0.392 e. The van der Waals surface area contributed by atoms with Gasteiger partial charge in [0.2, 0.25) is 5.91 Å². The number of amides is 1. The average molecular weight is 282 g/mol. The molecule has 1 heterocycles. The van der Waals surface area contributed by atoms with Gasteiger partial charge in [-0.2, -0.15) is 0 Å². The minimum absolute atomic E-state index is 0.207. The first kappa shape index (κ1) is 14.8. The van der Waals surface area contributed by atoms with Crippen LogP contribution in [-0.2, 0) is 4.79 Å². The third-order valence-electron chi connectivity index (χ3n) is 4.97. The number of thiocarbonyl (C=S) groups is 1. The molecule has 0 aromatic heterocycles. The van der Waals surface area contributed by atoms with E-state index in [-0.39, 0.29) is 5.91 Å². The Bertz CT molecular complexity index is 363. The minimum atomic E-state index is -0.543. The molecule has 1 aliphatic heterocycles. The topological polar surface area (TPSA) is 46.3 Å². The summed E-state index contributed by atoms with van der Waals surface area (Å²) in [7, 11) is 0. The average Bonchev–Trinajstić information content (AvgIpc) is 2.41. The number of nitrogens with zero attached hydrogens (tertiary/aromatic N) is 1. The number of likely N-dealkylation sites (tertiary alicyclic amines) is 1. The van der Waals surface area contributed by atoms with Gasteiger partial charge >= 0.3 is 0 Å². The van der Waals surface area contributed by atoms with Crippen molar-refractivity contribution in [1.29, 1.82) is 0 Å². The first-order valence-corrected chi connectivity index (χ1v) is 7.99. The van der Waals surface area contributed by atoms with Crippen molar-refractivity contribution < 1.29 is 4.79 Å². The molecule has 0 bridgehead atoms. The first-order chi connectivity index (χ1) is 8.97.